The van der Waals surface area contributed by atoms with Gasteiger partial charge >= 0.3 is 0 Å². The van der Waals surface area contributed by atoms with Crippen LogP contribution < -0.4 is 5.32 Å². The van der Waals surface area contributed by atoms with Gasteiger partial charge in [0, 0.05) is 17.9 Å². The van der Waals surface area contributed by atoms with E-state index in [0.717, 1.165) is 5.92 Å². The first-order valence-corrected chi connectivity index (χ1v) is 6.27. The zero-order valence-electron chi connectivity index (χ0n) is 9.53. The molecule has 0 aromatic carbocycles. The van der Waals surface area contributed by atoms with E-state index in [0.29, 0.717) is 0 Å². The minimum atomic E-state index is 0.781. The molecule has 0 bridgehead atoms. The molecule has 0 spiro atoms. The van der Waals surface area contributed by atoms with Crippen LogP contribution in [0.25, 0.3) is 0 Å². The van der Waals surface area contributed by atoms with E-state index in [1.54, 1.807) is 16.8 Å². The van der Waals surface area contributed by atoms with Gasteiger partial charge in [-0.05, 0) is 62.6 Å². The number of aromatic amines is 1. The van der Waals surface area contributed by atoms with Gasteiger partial charge in [-0.1, -0.05) is 0 Å². The Balaban J connectivity index is 2.01. The zero-order chi connectivity index (χ0) is 10.3. The smallest absolute Gasteiger partial charge is 0.0184 e. The molecule has 0 amide bonds. The highest BCUT2D eigenvalue weighted by molar-refractivity contribution is 5.41. The minimum absolute atomic E-state index is 0.781. The van der Waals surface area contributed by atoms with Crippen molar-refractivity contribution in [1.29, 1.82) is 0 Å². The third kappa shape index (κ3) is 1.51. The molecular formula is C13H20N2. The van der Waals surface area contributed by atoms with Crippen LogP contribution in [0.2, 0.25) is 0 Å². The lowest BCUT2D eigenvalue weighted by atomic mass is 9.88. The summed E-state index contributed by atoms with van der Waals surface area (Å²) in [5.41, 5.74) is 6.32. The molecule has 15 heavy (non-hydrogen) atoms. The minimum Gasteiger partial charge on any atom is -0.362 e. The first-order chi connectivity index (χ1) is 7.36. The van der Waals surface area contributed by atoms with Crippen molar-refractivity contribution in [3.8, 4) is 0 Å². The SMILES string of the molecule is Cc1[nH]c2c(c1C1CCNC1)CCCC2. The highest BCUT2D eigenvalue weighted by Gasteiger charge is 2.25. The van der Waals surface area contributed by atoms with Crippen LogP contribution in [0.4, 0.5) is 0 Å². The lowest BCUT2D eigenvalue weighted by Gasteiger charge is -2.16. The third-order valence-electron chi connectivity index (χ3n) is 4.00. The van der Waals surface area contributed by atoms with Gasteiger partial charge < -0.3 is 10.3 Å². The molecule has 3 rings (SSSR count). The average molecular weight is 204 g/mol. The fourth-order valence-electron chi connectivity index (χ4n) is 3.31. The number of hydrogen-bond donors (Lipinski definition) is 2. The van der Waals surface area contributed by atoms with E-state index in [-0.39, 0.29) is 0 Å². The molecule has 82 valence electrons. The highest BCUT2D eigenvalue weighted by Crippen LogP contribution is 2.34. The van der Waals surface area contributed by atoms with Crippen LogP contribution >= 0.6 is 0 Å². The van der Waals surface area contributed by atoms with Gasteiger partial charge in [0.2, 0.25) is 0 Å². The third-order valence-corrected chi connectivity index (χ3v) is 4.00. The maximum absolute atomic E-state index is 3.61. The predicted octanol–water partition coefficient (Wildman–Crippen LogP) is 2.28. The van der Waals surface area contributed by atoms with Crippen LogP contribution in [0.1, 0.15) is 47.7 Å². The maximum atomic E-state index is 3.61. The van der Waals surface area contributed by atoms with Crippen molar-refractivity contribution in [2.45, 2.75) is 44.9 Å². The molecule has 1 fully saturated rings. The van der Waals surface area contributed by atoms with Crippen LogP contribution in [0.5, 0.6) is 0 Å². The monoisotopic (exact) mass is 204 g/mol. The standard InChI is InChI=1S/C13H20N2/c1-9-13(10-6-7-14-8-10)11-4-2-3-5-12(11)15-9/h10,14-15H,2-8H2,1H3. The fourth-order valence-corrected chi connectivity index (χ4v) is 3.31. The van der Waals surface area contributed by atoms with Gasteiger partial charge in [-0.3, -0.25) is 0 Å². The molecule has 2 N–H and O–H groups in total. The van der Waals surface area contributed by atoms with Gasteiger partial charge in [0.05, 0.1) is 0 Å². The Morgan fingerprint density at radius 2 is 2.07 bits per heavy atom. The topological polar surface area (TPSA) is 27.8 Å². The first kappa shape index (κ1) is 9.46. The summed E-state index contributed by atoms with van der Waals surface area (Å²) in [7, 11) is 0. The molecule has 1 aromatic rings. The van der Waals surface area contributed by atoms with Crippen molar-refractivity contribution in [3.63, 3.8) is 0 Å². The number of aryl methyl sites for hydroxylation is 2. The summed E-state index contributed by atoms with van der Waals surface area (Å²) in [4.78, 5) is 3.61. The van der Waals surface area contributed by atoms with Crippen LogP contribution in [-0.4, -0.2) is 18.1 Å². The largest absolute Gasteiger partial charge is 0.362 e. The number of nitrogens with one attached hydrogen (secondary N) is 2. The van der Waals surface area contributed by atoms with Crippen LogP contribution in [0.3, 0.4) is 0 Å². The van der Waals surface area contributed by atoms with E-state index in [1.165, 1.54) is 50.9 Å². The van der Waals surface area contributed by atoms with Gasteiger partial charge in [-0.15, -0.1) is 0 Å². The molecule has 1 aliphatic heterocycles. The predicted molar refractivity (Wildman–Crippen MR) is 62.4 cm³/mol. The summed E-state index contributed by atoms with van der Waals surface area (Å²) < 4.78 is 0. The molecule has 1 atom stereocenters. The normalized spacial score (nSPS) is 25.5. The number of rotatable bonds is 1. The Kier molecular flexibility index (Phi) is 2.32. The Hall–Kier alpha value is -0.760. The van der Waals surface area contributed by atoms with Gasteiger partial charge in [0.1, 0.15) is 0 Å². The Labute approximate surface area is 91.5 Å². The quantitative estimate of drug-likeness (QED) is 0.721. The van der Waals surface area contributed by atoms with Gasteiger partial charge in [-0.2, -0.15) is 0 Å². The van der Waals surface area contributed by atoms with E-state index in [4.69, 9.17) is 0 Å². The fraction of sp³-hybridized carbons (Fsp3) is 0.692. The van der Waals surface area contributed by atoms with Crippen LogP contribution in [0.15, 0.2) is 0 Å². The van der Waals surface area contributed by atoms with E-state index in [2.05, 4.69) is 17.2 Å². The number of fused-ring (bicyclic) bond motifs is 1. The lowest BCUT2D eigenvalue weighted by molar-refractivity contribution is 0.662. The van der Waals surface area contributed by atoms with Crippen molar-refractivity contribution < 1.29 is 0 Å². The molecule has 1 saturated heterocycles. The summed E-state index contributed by atoms with van der Waals surface area (Å²) in [5.74, 6) is 0.781. The number of hydrogen-bond acceptors (Lipinski definition) is 1. The van der Waals surface area contributed by atoms with Gasteiger partial charge in [-0.25, -0.2) is 0 Å². The molecule has 2 heteroatoms. The summed E-state index contributed by atoms with van der Waals surface area (Å²) in [6, 6.07) is 0. The zero-order valence-corrected chi connectivity index (χ0v) is 9.53. The molecular weight excluding hydrogens is 184 g/mol. The van der Waals surface area contributed by atoms with E-state index < -0.39 is 0 Å². The second-order valence-electron chi connectivity index (χ2n) is 5.02. The van der Waals surface area contributed by atoms with Crippen molar-refractivity contribution >= 4 is 0 Å². The average Bonchev–Trinajstić information content (AvgIpc) is 2.82. The second-order valence-corrected chi connectivity index (χ2v) is 5.02. The van der Waals surface area contributed by atoms with Gasteiger partial charge in [0.25, 0.3) is 0 Å². The Bertz CT molecular complexity index is 359. The summed E-state index contributed by atoms with van der Waals surface area (Å²) in [6.07, 6.45) is 6.67. The first-order valence-electron chi connectivity index (χ1n) is 6.27. The Morgan fingerprint density at radius 1 is 1.20 bits per heavy atom. The summed E-state index contributed by atoms with van der Waals surface area (Å²) in [5, 5.41) is 3.48. The molecule has 0 saturated carbocycles. The number of H-pyrrole nitrogens is 1. The maximum Gasteiger partial charge on any atom is 0.0184 e. The lowest BCUT2D eigenvalue weighted by Crippen LogP contribution is -2.10. The summed E-state index contributed by atoms with van der Waals surface area (Å²) >= 11 is 0. The molecule has 2 aliphatic rings. The van der Waals surface area contributed by atoms with E-state index in [9.17, 15) is 0 Å². The van der Waals surface area contributed by atoms with Crippen molar-refractivity contribution in [2.75, 3.05) is 13.1 Å². The molecule has 1 aromatic heterocycles. The van der Waals surface area contributed by atoms with Crippen molar-refractivity contribution in [2.24, 2.45) is 0 Å². The van der Waals surface area contributed by atoms with Crippen molar-refractivity contribution in [3.05, 3.63) is 22.5 Å². The van der Waals surface area contributed by atoms with Crippen molar-refractivity contribution in [1.82, 2.24) is 10.3 Å². The summed E-state index contributed by atoms with van der Waals surface area (Å²) in [6.45, 7) is 4.64. The van der Waals surface area contributed by atoms with E-state index in [1.807, 2.05) is 0 Å². The van der Waals surface area contributed by atoms with Gasteiger partial charge in [0.15, 0.2) is 0 Å². The Morgan fingerprint density at radius 3 is 2.87 bits per heavy atom. The number of aromatic nitrogens is 1. The van der Waals surface area contributed by atoms with E-state index >= 15 is 0 Å². The molecule has 1 aliphatic carbocycles. The second kappa shape index (κ2) is 3.67. The van der Waals surface area contributed by atoms with Crippen LogP contribution in [0, 0.1) is 6.92 Å². The molecule has 0 radical (unpaired) electrons. The van der Waals surface area contributed by atoms with Crippen LogP contribution in [-0.2, 0) is 12.8 Å². The molecule has 2 heterocycles. The molecule has 2 nitrogen and oxygen atoms in total. The molecule has 1 unspecified atom stereocenters. The highest BCUT2D eigenvalue weighted by atomic mass is 14.9.